The molecular formula is C7H12Br2O2. The van der Waals surface area contributed by atoms with Gasteiger partial charge in [0.1, 0.15) is 0 Å². The zero-order chi connectivity index (χ0) is 9.07. The fourth-order valence-electron chi connectivity index (χ4n) is 0.798. The number of alkyl halides is 2. The molecule has 2 atom stereocenters. The second-order valence-corrected chi connectivity index (χ2v) is 5.53. The molecule has 2 unspecified atom stereocenters. The molecule has 0 aromatic carbocycles. The Balaban J connectivity index is 4.22. The highest BCUT2D eigenvalue weighted by atomic mass is 79.9. The van der Waals surface area contributed by atoms with Gasteiger partial charge < -0.3 is 5.11 Å². The van der Waals surface area contributed by atoms with E-state index in [9.17, 15) is 4.79 Å². The second-order valence-electron chi connectivity index (χ2n) is 2.57. The molecular weight excluding hydrogens is 276 g/mol. The van der Waals surface area contributed by atoms with Crippen LogP contribution in [0.5, 0.6) is 0 Å². The van der Waals surface area contributed by atoms with Crippen LogP contribution < -0.4 is 0 Å². The van der Waals surface area contributed by atoms with Gasteiger partial charge in [-0.05, 0) is 6.42 Å². The first kappa shape index (κ1) is 11.4. The highest BCUT2D eigenvalue weighted by Gasteiger charge is 2.32. The van der Waals surface area contributed by atoms with Gasteiger partial charge in [-0.2, -0.15) is 0 Å². The summed E-state index contributed by atoms with van der Waals surface area (Å²) in [6, 6.07) is 0. The van der Waals surface area contributed by atoms with Crippen LogP contribution in [0.3, 0.4) is 0 Å². The minimum atomic E-state index is -0.768. The van der Waals surface area contributed by atoms with Gasteiger partial charge in [0.25, 0.3) is 0 Å². The van der Waals surface area contributed by atoms with E-state index in [0.29, 0.717) is 0 Å². The molecule has 0 aliphatic heterocycles. The molecule has 4 heteroatoms. The van der Waals surface area contributed by atoms with E-state index >= 15 is 0 Å². The third-order valence-corrected chi connectivity index (χ3v) is 4.76. The summed E-state index contributed by atoms with van der Waals surface area (Å²) in [4.78, 5) is 10.6. The van der Waals surface area contributed by atoms with Crippen molar-refractivity contribution in [3.05, 3.63) is 0 Å². The van der Waals surface area contributed by atoms with Gasteiger partial charge in [-0.15, -0.1) is 0 Å². The van der Waals surface area contributed by atoms with E-state index in [2.05, 4.69) is 31.9 Å². The van der Waals surface area contributed by atoms with Gasteiger partial charge >= 0.3 is 5.97 Å². The van der Waals surface area contributed by atoms with Crippen LogP contribution in [0.4, 0.5) is 0 Å². The molecule has 0 saturated heterocycles. The van der Waals surface area contributed by atoms with Gasteiger partial charge in [0.2, 0.25) is 0 Å². The standard InChI is InChI=1S/C7H12Br2O2/c1-3-7(9,5(2)8)4-6(10)11/h5H,3-4H2,1-2H3,(H,10,11). The molecule has 0 saturated carbocycles. The number of carboxylic acid groups (broad SMARTS) is 1. The van der Waals surface area contributed by atoms with Gasteiger partial charge in [0.05, 0.1) is 6.42 Å². The third-order valence-electron chi connectivity index (χ3n) is 1.75. The van der Waals surface area contributed by atoms with Crippen molar-refractivity contribution in [1.82, 2.24) is 0 Å². The van der Waals surface area contributed by atoms with Crippen molar-refractivity contribution >= 4 is 37.8 Å². The van der Waals surface area contributed by atoms with Crippen LogP contribution in [-0.2, 0) is 4.79 Å². The Kier molecular flexibility index (Phi) is 4.63. The molecule has 1 N–H and O–H groups in total. The first-order valence-corrected chi connectivity index (χ1v) is 5.18. The summed E-state index contributed by atoms with van der Waals surface area (Å²) in [7, 11) is 0. The van der Waals surface area contributed by atoms with Gasteiger partial charge in [0, 0.05) is 9.15 Å². The highest BCUT2D eigenvalue weighted by molar-refractivity contribution is 9.12. The number of hydrogen-bond donors (Lipinski definition) is 1. The maximum absolute atomic E-state index is 10.4. The van der Waals surface area contributed by atoms with E-state index in [1.807, 2.05) is 13.8 Å². The smallest absolute Gasteiger partial charge is 0.304 e. The molecule has 0 heterocycles. The Morgan fingerprint density at radius 2 is 2.18 bits per heavy atom. The molecule has 0 amide bonds. The average molecular weight is 288 g/mol. The summed E-state index contributed by atoms with van der Waals surface area (Å²) in [6.07, 6.45) is 0.946. The number of halogens is 2. The summed E-state index contributed by atoms with van der Waals surface area (Å²) in [5.74, 6) is -0.768. The zero-order valence-corrected chi connectivity index (χ0v) is 9.77. The normalized spacial score (nSPS) is 18.9. The summed E-state index contributed by atoms with van der Waals surface area (Å²) in [6.45, 7) is 3.91. The Morgan fingerprint density at radius 3 is 2.27 bits per heavy atom. The average Bonchev–Trinajstić information content (AvgIpc) is 1.86. The van der Waals surface area contributed by atoms with Crippen LogP contribution in [0.2, 0.25) is 0 Å². The minimum Gasteiger partial charge on any atom is -0.481 e. The second kappa shape index (κ2) is 4.45. The molecule has 11 heavy (non-hydrogen) atoms. The molecule has 0 bridgehead atoms. The van der Waals surface area contributed by atoms with Crippen LogP contribution >= 0.6 is 31.9 Å². The van der Waals surface area contributed by atoms with Crippen molar-refractivity contribution in [3.63, 3.8) is 0 Å². The summed E-state index contributed by atoms with van der Waals surface area (Å²) in [5.41, 5.74) is 0. The first-order chi connectivity index (χ1) is 4.92. The van der Waals surface area contributed by atoms with Crippen LogP contribution in [0.25, 0.3) is 0 Å². The van der Waals surface area contributed by atoms with Crippen molar-refractivity contribution in [2.45, 2.75) is 35.8 Å². The van der Waals surface area contributed by atoms with Crippen molar-refractivity contribution in [1.29, 1.82) is 0 Å². The van der Waals surface area contributed by atoms with Crippen LogP contribution in [-0.4, -0.2) is 20.2 Å². The molecule has 66 valence electrons. The molecule has 0 aliphatic rings. The molecule has 2 nitrogen and oxygen atoms in total. The lowest BCUT2D eigenvalue weighted by Crippen LogP contribution is -2.32. The monoisotopic (exact) mass is 286 g/mol. The lowest BCUT2D eigenvalue weighted by molar-refractivity contribution is -0.137. The number of rotatable bonds is 4. The van der Waals surface area contributed by atoms with Gasteiger partial charge in [-0.25, -0.2) is 0 Å². The van der Waals surface area contributed by atoms with Crippen LogP contribution in [0.15, 0.2) is 0 Å². The summed E-state index contributed by atoms with van der Waals surface area (Å²) >= 11 is 6.80. The maximum atomic E-state index is 10.4. The fraction of sp³-hybridized carbons (Fsp3) is 0.857. The SMILES string of the molecule is CCC(Br)(CC(=O)O)C(C)Br. The molecule has 0 fully saturated rings. The predicted molar refractivity (Wildman–Crippen MR) is 52.6 cm³/mol. The van der Waals surface area contributed by atoms with Crippen LogP contribution in [0, 0.1) is 0 Å². The highest BCUT2D eigenvalue weighted by Crippen LogP contribution is 2.34. The van der Waals surface area contributed by atoms with E-state index in [1.165, 1.54) is 0 Å². The number of aliphatic carboxylic acids is 1. The van der Waals surface area contributed by atoms with Crippen molar-refractivity contribution in [2.24, 2.45) is 0 Å². The quantitative estimate of drug-likeness (QED) is 0.808. The molecule has 0 spiro atoms. The van der Waals surface area contributed by atoms with Crippen molar-refractivity contribution in [3.8, 4) is 0 Å². The molecule has 0 aromatic heterocycles. The molecule has 0 rings (SSSR count). The molecule has 0 aromatic rings. The zero-order valence-electron chi connectivity index (χ0n) is 6.60. The minimum absolute atomic E-state index is 0.149. The number of carbonyl (C=O) groups is 1. The lowest BCUT2D eigenvalue weighted by Gasteiger charge is -2.26. The first-order valence-electron chi connectivity index (χ1n) is 3.47. The van der Waals surface area contributed by atoms with E-state index in [1.54, 1.807) is 0 Å². The predicted octanol–water partition coefficient (Wildman–Crippen LogP) is 2.79. The Hall–Kier alpha value is 0.430. The lowest BCUT2D eigenvalue weighted by atomic mass is 9.99. The van der Waals surface area contributed by atoms with Gasteiger partial charge in [-0.1, -0.05) is 45.7 Å². The maximum Gasteiger partial charge on any atom is 0.304 e. The fourth-order valence-corrected chi connectivity index (χ4v) is 1.52. The van der Waals surface area contributed by atoms with Gasteiger partial charge in [-0.3, -0.25) is 4.79 Å². The molecule has 0 radical (unpaired) electrons. The van der Waals surface area contributed by atoms with E-state index < -0.39 is 5.97 Å². The third kappa shape index (κ3) is 3.56. The summed E-state index contributed by atoms with van der Waals surface area (Å²) in [5, 5.41) is 8.58. The Morgan fingerprint density at radius 1 is 1.73 bits per heavy atom. The molecule has 0 aliphatic carbocycles. The largest absolute Gasteiger partial charge is 0.481 e. The topological polar surface area (TPSA) is 37.3 Å². The summed E-state index contributed by atoms with van der Waals surface area (Å²) < 4.78 is -0.307. The van der Waals surface area contributed by atoms with E-state index in [0.717, 1.165) is 6.42 Å². The van der Waals surface area contributed by atoms with Crippen molar-refractivity contribution < 1.29 is 9.90 Å². The number of carboxylic acids is 1. The van der Waals surface area contributed by atoms with E-state index in [4.69, 9.17) is 5.11 Å². The Labute approximate surface area is 83.6 Å². The van der Waals surface area contributed by atoms with E-state index in [-0.39, 0.29) is 15.6 Å². The van der Waals surface area contributed by atoms with Crippen molar-refractivity contribution in [2.75, 3.05) is 0 Å². The van der Waals surface area contributed by atoms with Gasteiger partial charge in [0.15, 0.2) is 0 Å². The van der Waals surface area contributed by atoms with Crippen LogP contribution in [0.1, 0.15) is 26.7 Å². The Bertz CT molecular complexity index is 147. The number of hydrogen-bond acceptors (Lipinski definition) is 1.